The molecule has 2 aromatic rings. The summed E-state index contributed by atoms with van der Waals surface area (Å²) in [5.41, 5.74) is 2.97. The molecule has 21 heavy (non-hydrogen) atoms. The Morgan fingerprint density at radius 3 is 2.33 bits per heavy atom. The molecule has 0 fully saturated rings. The largest absolute Gasteiger partial charge is 0.489 e. The fraction of sp³-hybridized carbons (Fsp3) is 0.278. The number of hydrogen-bond donors (Lipinski definition) is 1. The van der Waals surface area contributed by atoms with E-state index in [1.807, 2.05) is 24.3 Å². The van der Waals surface area contributed by atoms with E-state index in [4.69, 9.17) is 10.00 Å². The van der Waals surface area contributed by atoms with Crippen LogP contribution in [-0.2, 0) is 6.61 Å². The summed E-state index contributed by atoms with van der Waals surface area (Å²) >= 11 is 0. The van der Waals surface area contributed by atoms with Gasteiger partial charge in [-0.3, -0.25) is 0 Å². The van der Waals surface area contributed by atoms with Crippen LogP contribution < -0.4 is 10.1 Å². The van der Waals surface area contributed by atoms with Gasteiger partial charge in [-0.2, -0.15) is 5.26 Å². The van der Waals surface area contributed by atoms with Crippen molar-refractivity contribution in [3.05, 3.63) is 65.2 Å². The summed E-state index contributed by atoms with van der Waals surface area (Å²) < 4.78 is 5.76. The van der Waals surface area contributed by atoms with Gasteiger partial charge in [0.2, 0.25) is 0 Å². The van der Waals surface area contributed by atoms with Crippen LogP contribution in [-0.4, -0.2) is 6.54 Å². The van der Waals surface area contributed by atoms with E-state index in [9.17, 15) is 0 Å². The van der Waals surface area contributed by atoms with Crippen LogP contribution in [0.3, 0.4) is 0 Å². The van der Waals surface area contributed by atoms with Crippen LogP contribution in [0.1, 0.15) is 36.6 Å². The molecule has 1 N–H and O–H groups in total. The van der Waals surface area contributed by atoms with Crippen LogP contribution in [0.15, 0.2) is 48.5 Å². The van der Waals surface area contributed by atoms with Gasteiger partial charge in [0.05, 0.1) is 11.6 Å². The Labute approximate surface area is 126 Å². The smallest absolute Gasteiger partial charge is 0.119 e. The number of nitrogens with one attached hydrogen (secondary N) is 1. The summed E-state index contributed by atoms with van der Waals surface area (Å²) in [6, 6.07) is 18.1. The molecule has 0 saturated heterocycles. The van der Waals surface area contributed by atoms with Crippen molar-refractivity contribution in [3.63, 3.8) is 0 Å². The van der Waals surface area contributed by atoms with E-state index >= 15 is 0 Å². The molecule has 0 aliphatic carbocycles. The molecule has 1 unspecified atom stereocenters. The van der Waals surface area contributed by atoms with Crippen LogP contribution in [0.4, 0.5) is 0 Å². The topological polar surface area (TPSA) is 45.0 Å². The lowest BCUT2D eigenvalue weighted by Crippen LogP contribution is -2.17. The third-order valence-electron chi connectivity index (χ3n) is 3.38. The SMILES string of the molecule is CCNC(C)c1ccc(OCc2ccc(C#N)cc2)cc1. The van der Waals surface area contributed by atoms with Gasteiger partial charge in [-0.05, 0) is 48.9 Å². The first-order chi connectivity index (χ1) is 10.2. The molecule has 0 aromatic heterocycles. The maximum atomic E-state index is 8.76. The molecule has 2 aromatic carbocycles. The number of hydrogen-bond acceptors (Lipinski definition) is 3. The summed E-state index contributed by atoms with van der Waals surface area (Å²) in [4.78, 5) is 0. The fourth-order valence-corrected chi connectivity index (χ4v) is 2.12. The summed E-state index contributed by atoms with van der Waals surface area (Å²) in [6.07, 6.45) is 0. The molecular weight excluding hydrogens is 260 g/mol. The van der Waals surface area contributed by atoms with Crippen molar-refractivity contribution in [1.82, 2.24) is 5.32 Å². The van der Waals surface area contributed by atoms with E-state index < -0.39 is 0 Å². The quantitative estimate of drug-likeness (QED) is 0.875. The molecule has 0 radical (unpaired) electrons. The Hall–Kier alpha value is -2.31. The van der Waals surface area contributed by atoms with Gasteiger partial charge in [0.25, 0.3) is 0 Å². The highest BCUT2D eigenvalue weighted by atomic mass is 16.5. The van der Waals surface area contributed by atoms with Crippen molar-refractivity contribution in [2.75, 3.05) is 6.54 Å². The zero-order valence-corrected chi connectivity index (χ0v) is 12.5. The van der Waals surface area contributed by atoms with Crippen LogP contribution in [0.25, 0.3) is 0 Å². The molecule has 2 rings (SSSR count). The second-order valence-corrected chi connectivity index (χ2v) is 4.95. The first-order valence-corrected chi connectivity index (χ1v) is 7.18. The molecule has 0 heterocycles. The zero-order chi connectivity index (χ0) is 15.1. The Morgan fingerprint density at radius 2 is 1.76 bits per heavy atom. The Bertz CT molecular complexity index is 597. The highest BCUT2D eigenvalue weighted by molar-refractivity contribution is 5.32. The van der Waals surface area contributed by atoms with E-state index in [0.29, 0.717) is 18.2 Å². The fourth-order valence-electron chi connectivity index (χ4n) is 2.12. The Morgan fingerprint density at radius 1 is 1.10 bits per heavy atom. The third kappa shape index (κ3) is 4.34. The minimum absolute atomic E-state index is 0.350. The van der Waals surface area contributed by atoms with Crippen LogP contribution in [0.5, 0.6) is 5.75 Å². The minimum atomic E-state index is 0.350. The third-order valence-corrected chi connectivity index (χ3v) is 3.38. The molecule has 0 bridgehead atoms. The molecule has 0 amide bonds. The predicted octanol–water partition coefficient (Wildman–Crippen LogP) is 3.81. The highest BCUT2D eigenvalue weighted by Crippen LogP contribution is 2.18. The predicted molar refractivity (Wildman–Crippen MR) is 84.0 cm³/mol. The lowest BCUT2D eigenvalue weighted by Gasteiger charge is -2.13. The number of ether oxygens (including phenoxy) is 1. The van der Waals surface area contributed by atoms with Crippen LogP contribution >= 0.6 is 0 Å². The van der Waals surface area contributed by atoms with Gasteiger partial charge in [-0.25, -0.2) is 0 Å². The van der Waals surface area contributed by atoms with E-state index in [1.165, 1.54) is 5.56 Å². The molecule has 108 valence electrons. The van der Waals surface area contributed by atoms with Gasteiger partial charge in [0.1, 0.15) is 12.4 Å². The average Bonchev–Trinajstić information content (AvgIpc) is 2.54. The van der Waals surface area contributed by atoms with Crippen molar-refractivity contribution in [1.29, 1.82) is 5.26 Å². The molecule has 3 heteroatoms. The van der Waals surface area contributed by atoms with Gasteiger partial charge >= 0.3 is 0 Å². The van der Waals surface area contributed by atoms with Gasteiger partial charge < -0.3 is 10.1 Å². The molecule has 0 aliphatic heterocycles. The Balaban J connectivity index is 1.92. The number of benzene rings is 2. The monoisotopic (exact) mass is 280 g/mol. The second kappa shape index (κ2) is 7.47. The zero-order valence-electron chi connectivity index (χ0n) is 12.5. The molecule has 0 saturated carbocycles. The van der Waals surface area contributed by atoms with Gasteiger partial charge in [-0.1, -0.05) is 31.2 Å². The first-order valence-electron chi connectivity index (χ1n) is 7.18. The lowest BCUT2D eigenvalue weighted by molar-refractivity contribution is 0.306. The maximum Gasteiger partial charge on any atom is 0.119 e. The van der Waals surface area contributed by atoms with Crippen LogP contribution in [0.2, 0.25) is 0 Å². The molecular formula is C18H20N2O. The Kier molecular flexibility index (Phi) is 5.36. The lowest BCUT2D eigenvalue weighted by atomic mass is 10.1. The normalized spacial score (nSPS) is 11.7. The van der Waals surface area contributed by atoms with Crippen molar-refractivity contribution < 1.29 is 4.74 Å². The van der Waals surface area contributed by atoms with Gasteiger partial charge in [-0.15, -0.1) is 0 Å². The highest BCUT2D eigenvalue weighted by Gasteiger charge is 2.03. The standard InChI is InChI=1S/C18H20N2O/c1-3-20-14(2)17-8-10-18(11-9-17)21-13-16-6-4-15(12-19)5-7-16/h4-11,14,20H,3,13H2,1-2H3. The summed E-state index contributed by atoms with van der Waals surface area (Å²) in [7, 11) is 0. The van der Waals surface area contributed by atoms with Crippen molar-refractivity contribution >= 4 is 0 Å². The summed E-state index contributed by atoms with van der Waals surface area (Å²) in [6.45, 7) is 5.72. The van der Waals surface area contributed by atoms with Gasteiger partial charge in [0.15, 0.2) is 0 Å². The van der Waals surface area contributed by atoms with E-state index in [2.05, 4.69) is 37.4 Å². The van der Waals surface area contributed by atoms with Gasteiger partial charge in [0, 0.05) is 6.04 Å². The van der Waals surface area contributed by atoms with E-state index in [-0.39, 0.29) is 0 Å². The van der Waals surface area contributed by atoms with E-state index in [0.717, 1.165) is 17.9 Å². The summed E-state index contributed by atoms with van der Waals surface area (Å²) in [5, 5.41) is 12.1. The van der Waals surface area contributed by atoms with Crippen molar-refractivity contribution in [3.8, 4) is 11.8 Å². The molecule has 1 atom stereocenters. The average molecular weight is 280 g/mol. The van der Waals surface area contributed by atoms with Crippen molar-refractivity contribution in [2.45, 2.75) is 26.5 Å². The molecule has 0 spiro atoms. The minimum Gasteiger partial charge on any atom is -0.489 e. The summed E-state index contributed by atoms with van der Waals surface area (Å²) in [5.74, 6) is 0.854. The van der Waals surface area contributed by atoms with E-state index in [1.54, 1.807) is 12.1 Å². The molecule has 3 nitrogen and oxygen atoms in total. The maximum absolute atomic E-state index is 8.76. The second-order valence-electron chi connectivity index (χ2n) is 4.95. The molecule has 0 aliphatic rings. The first kappa shape index (κ1) is 15.1. The van der Waals surface area contributed by atoms with Crippen LogP contribution in [0, 0.1) is 11.3 Å². The number of nitriles is 1. The van der Waals surface area contributed by atoms with Crippen molar-refractivity contribution in [2.24, 2.45) is 0 Å². The number of rotatable bonds is 6. The number of nitrogens with zero attached hydrogens (tertiary/aromatic N) is 1.